The SMILES string of the molecule is Cc1cc(NCC2CCC(C(F)(F)F)CC2)nc(C)n1. The quantitative estimate of drug-likeness (QED) is 0.917. The van der Waals surface area contributed by atoms with Gasteiger partial charge in [-0.25, -0.2) is 9.97 Å². The van der Waals surface area contributed by atoms with Crippen LogP contribution in [0.5, 0.6) is 0 Å². The van der Waals surface area contributed by atoms with E-state index in [1.807, 2.05) is 19.9 Å². The highest BCUT2D eigenvalue weighted by Gasteiger charge is 2.41. The summed E-state index contributed by atoms with van der Waals surface area (Å²) in [5.41, 5.74) is 0.890. The molecule has 0 bridgehead atoms. The molecule has 2 rings (SSSR count). The molecule has 1 saturated carbocycles. The molecule has 0 amide bonds. The van der Waals surface area contributed by atoms with E-state index in [4.69, 9.17) is 0 Å². The van der Waals surface area contributed by atoms with Crippen LogP contribution in [0.2, 0.25) is 0 Å². The minimum Gasteiger partial charge on any atom is -0.370 e. The number of hydrogen-bond donors (Lipinski definition) is 1. The lowest BCUT2D eigenvalue weighted by Gasteiger charge is -2.30. The number of nitrogens with zero attached hydrogens (tertiary/aromatic N) is 2. The molecule has 0 atom stereocenters. The highest BCUT2D eigenvalue weighted by Crippen LogP contribution is 2.39. The van der Waals surface area contributed by atoms with Crippen LogP contribution in [-0.4, -0.2) is 22.7 Å². The summed E-state index contributed by atoms with van der Waals surface area (Å²) >= 11 is 0. The number of halogens is 3. The van der Waals surface area contributed by atoms with Gasteiger partial charge in [-0.2, -0.15) is 13.2 Å². The molecular formula is C14H20F3N3. The van der Waals surface area contributed by atoms with Crippen molar-refractivity contribution in [2.24, 2.45) is 11.8 Å². The molecule has 112 valence electrons. The average Bonchev–Trinajstić information content (AvgIpc) is 2.35. The molecule has 1 aliphatic rings. The zero-order valence-electron chi connectivity index (χ0n) is 11.8. The summed E-state index contributed by atoms with van der Waals surface area (Å²) < 4.78 is 37.7. The predicted octanol–water partition coefficient (Wildman–Crippen LogP) is 3.87. The smallest absolute Gasteiger partial charge is 0.370 e. The minimum absolute atomic E-state index is 0.248. The van der Waals surface area contributed by atoms with Gasteiger partial charge in [-0.1, -0.05) is 0 Å². The minimum atomic E-state index is -4.03. The molecule has 1 fully saturated rings. The number of rotatable bonds is 3. The monoisotopic (exact) mass is 287 g/mol. The maximum Gasteiger partial charge on any atom is 0.391 e. The van der Waals surface area contributed by atoms with E-state index >= 15 is 0 Å². The summed E-state index contributed by atoms with van der Waals surface area (Å²) in [5, 5.41) is 3.22. The van der Waals surface area contributed by atoms with Gasteiger partial charge in [-0.15, -0.1) is 0 Å². The second-order valence-corrected chi connectivity index (χ2v) is 5.58. The van der Waals surface area contributed by atoms with Crippen LogP contribution in [0.25, 0.3) is 0 Å². The highest BCUT2D eigenvalue weighted by atomic mass is 19.4. The van der Waals surface area contributed by atoms with Gasteiger partial charge in [0.15, 0.2) is 0 Å². The van der Waals surface area contributed by atoms with Crippen molar-refractivity contribution < 1.29 is 13.2 Å². The van der Waals surface area contributed by atoms with E-state index in [0.29, 0.717) is 31.1 Å². The van der Waals surface area contributed by atoms with Gasteiger partial charge in [0.05, 0.1) is 5.92 Å². The van der Waals surface area contributed by atoms with Gasteiger partial charge in [0, 0.05) is 18.3 Å². The van der Waals surface area contributed by atoms with Crippen LogP contribution in [0.4, 0.5) is 19.0 Å². The number of alkyl halides is 3. The van der Waals surface area contributed by atoms with Gasteiger partial charge < -0.3 is 5.32 Å². The zero-order valence-corrected chi connectivity index (χ0v) is 11.8. The molecule has 1 heterocycles. The Morgan fingerprint density at radius 3 is 2.35 bits per heavy atom. The normalized spacial score (nSPS) is 23.6. The van der Waals surface area contributed by atoms with E-state index in [0.717, 1.165) is 11.5 Å². The van der Waals surface area contributed by atoms with Crippen LogP contribution in [0.1, 0.15) is 37.2 Å². The molecule has 1 N–H and O–H groups in total. The molecule has 20 heavy (non-hydrogen) atoms. The standard InChI is InChI=1S/C14H20F3N3/c1-9-7-13(20-10(2)19-9)18-8-11-3-5-12(6-4-11)14(15,16)17/h7,11-12H,3-6,8H2,1-2H3,(H,18,19,20). The number of aryl methyl sites for hydroxylation is 2. The zero-order chi connectivity index (χ0) is 14.8. The van der Waals surface area contributed by atoms with E-state index in [1.54, 1.807) is 0 Å². The Balaban J connectivity index is 1.81. The van der Waals surface area contributed by atoms with Gasteiger partial charge >= 0.3 is 6.18 Å². The van der Waals surface area contributed by atoms with Crippen LogP contribution in [-0.2, 0) is 0 Å². The van der Waals surface area contributed by atoms with E-state index in [2.05, 4.69) is 15.3 Å². The molecule has 1 aromatic heterocycles. The summed E-state index contributed by atoms with van der Waals surface area (Å²) in [6.07, 6.45) is -2.28. The van der Waals surface area contributed by atoms with Crippen molar-refractivity contribution in [3.8, 4) is 0 Å². The molecule has 1 aromatic rings. The summed E-state index contributed by atoms with van der Waals surface area (Å²) in [4.78, 5) is 8.46. The second-order valence-electron chi connectivity index (χ2n) is 5.58. The maximum absolute atomic E-state index is 12.6. The topological polar surface area (TPSA) is 37.8 Å². The lowest BCUT2D eigenvalue weighted by molar-refractivity contribution is -0.183. The third-order valence-electron chi connectivity index (χ3n) is 3.85. The first kappa shape index (κ1) is 15.1. The summed E-state index contributed by atoms with van der Waals surface area (Å²) in [7, 11) is 0. The Kier molecular flexibility index (Phi) is 4.50. The molecule has 0 spiro atoms. The fourth-order valence-electron chi connectivity index (χ4n) is 2.75. The van der Waals surface area contributed by atoms with Crippen molar-refractivity contribution in [1.29, 1.82) is 0 Å². The molecule has 0 radical (unpaired) electrons. The molecule has 0 aromatic carbocycles. The van der Waals surface area contributed by atoms with Gasteiger partial charge in [0.2, 0.25) is 0 Å². The number of nitrogens with one attached hydrogen (secondary N) is 1. The van der Waals surface area contributed by atoms with E-state index in [9.17, 15) is 13.2 Å². The first-order valence-electron chi connectivity index (χ1n) is 6.97. The molecule has 0 aliphatic heterocycles. The number of hydrogen-bond acceptors (Lipinski definition) is 3. The lowest BCUT2D eigenvalue weighted by atomic mass is 9.81. The third-order valence-corrected chi connectivity index (χ3v) is 3.85. The Morgan fingerprint density at radius 1 is 1.15 bits per heavy atom. The molecule has 6 heteroatoms. The van der Waals surface area contributed by atoms with Crippen LogP contribution in [0.15, 0.2) is 6.07 Å². The first-order chi connectivity index (χ1) is 9.34. The van der Waals surface area contributed by atoms with Crippen molar-refractivity contribution in [1.82, 2.24) is 9.97 Å². The summed E-state index contributed by atoms with van der Waals surface area (Å²) in [6, 6.07) is 1.86. The molecule has 1 aliphatic carbocycles. The van der Waals surface area contributed by atoms with Crippen molar-refractivity contribution in [2.45, 2.75) is 45.7 Å². The van der Waals surface area contributed by atoms with Gasteiger partial charge in [-0.05, 0) is 45.4 Å². The Morgan fingerprint density at radius 2 is 1.80 bits per heavy atom. The average molecular weight is 287 g/mol. The van der Waals surface area contributed by atoms with E-state index in [1.165, 1.54) is 0 Å². The highest BCUT2D eigenvalue weighted by molar-refractivity contribution is 5.35. The van der Waals surface area contributed by atoms with E-state index in [-0.39, 0.29) is 12.8 Å². The fraction of sp³-hybridized carbons (Fsp3) is 0.714. The molecule has 0 unspecified atom stereocenters. The van der Waals surface area contributed by atoms with Crippen molar-refractivity contribution >= 4 is 5.82 Å². The Labute approximate surface area is 117 Å². The van der Waals surface area contributed by atoms with Crippen LogP contribution < -0.4 is 5.32 Å². The first-order valence-corrected chi connectivity index (χ1v) is 6.97. The van der Waals surface area contributed by atoms with Gasteiger partial charge in [0.1, 0.15) is 11.6 Å². The largest absolute Gasteiger partial charge is 0.391 e. The van der Waals surface area contributed by atoms with Crippen LogP contribution in [0.3, 0.4) is 0 Å². The summed E-state index contributed by atoms with van der Waals surface area (Å²) in [6.45, 7) is 4.40. The van der Waals surface area contributed by atoms with E-state index < -0.39 is 12.1 Å². The van der Waals surface area contributed by atoms with Crippen molar-refractivity contribution in [3.05, 3.63) is 17.6 Å². The van der Waals surface area contributed by atoms with Crippen molar-refractivity contribution in [2.75, 3.05) is 11.9 Å². The number of aromatic nitrogens is 2. The van der Waals surface area contributed by atoms with Crippen LogP contribution >= 0.6 is 0 Å². The number of anilines is 1. The Hall–Kier alpha value is -1.33. The van der Waals surface area contributed by atoms with Crippen LogP contribution in [0, 0.1) is 25.7 Å². The predicted molar refractivity (Wildman–Crippen MR) is 71.5 cm³/mol. The maximum atomic E-state index is 12.6. The van der Waals surface area contributed by atoms with Crippen molar-refractivity contribution in [3.63, 3.8) is 0 Å². The van der Waals surface area contributed by atoms with Gasteiger partial charge in [0.25, 0.3) is 0 Å². The summed E-state index contributed by atoms with van der Waals surface area (Å²) in [5.74, 6) is 0.646. The molecular weight excluding hydrogens is 267 g/mol. The Bertz CT molecular complexity index is 431. The van der Waals surface area contributed by atoms with Gasteiger partial charge in [-0.3, -0.25) is 0 Å². The fourth-order valence-corrected chi connectivity index (χ4v) is 2.75. The third kappa shape index (κ3) is 4.08. The molecule has 3 nitrogen and oxygen atoms in total. The lowest BCUT2D eigenvalue weighted by Crippen LogP contribution is -2.30. The second kappa shape index (κ2) is 5.97. The molecule has 0 saturated heterocycles.